The van der Waals surface area contributed by atoms with Gasteiger partial charge in [-0.3, -0.25) is 4.98 Å². The predicted octanol–water partition coefficient (Wildman–Crippen LogP) is 5.38. The van der Waals surface area contributed by atoms with E-state index in [1.54, 1.807) is 36.6 Å². The number of rotatable bonds is 6. The SMILES string of the molecule is CCOC(=O)c1ccc(N[C@@H](c2cccs2)c2ccc3cccnc3c2O)cc1. The van der Waals surface area contributed by atoms with Crippen LogP contribution in [-0.4, -0.2) is 22.7 Å². The van der Waals surface area contributed by atoms with Gasteiger partial charge in [0.2, 0.25) is 0 Å². The number of ether oxygens (including phenoxy) is 1. The van der Waals surface area contributed by atoms with E-state index < -0.39 is 0 Å². The van der Waals surface area contributed by atoms with Gasteiger partial charge in [-0.15, -0.1) is 11.3 Å². The number of carbonyl (C=O) groups is 1. The van der Waals surface area contributed by atoms with E-state index in [0.29, 0.717) is 17.7 Å². The van der Waals surface area contributed by atoms with E-state index in [2.05, 4.69) is 10.3 Å². The van der Waals surface area contributed by atoms with Crippen LogP contribution in [0.15, 0.2) is 72.2 Å². The first-order valence-electron chi connectivity index (χ1n) is 9.31. The highest BCUT2D eigenvalue weighted by Gasteiger charge is 2.21. The Morgan fingerprint density at radius 2 is 1.97 bits per heavy atom. The van der Waals surface area contributed by atoms with Gasteiger partial charge in [0.15, 0.2) is 0 Å². The molecule has 0 unspecified atom stereocenters. The van der Waals surface area contributed by atoms with Crippen molar-refractivity contribution in [1.82, 2.24) is 4.98 Å². The Kier molecular flexibility index (Phi) is 5.44. The van der Waals surface area contributed by atoms with Crippen molar-refractivity contribution in [2.45, 2.75) is 13.0 Å². The topological polar surface area (TPSA) is 71.5 Å². The van der Waals surface area contributed by atoms with Crippen molar-refractivity contribution in [3.05, 3.63) is 88.2 Å². The predicted molar refractivity (Wildman–Crippen MR) is 116 cm³/mol. The summed E-state index contributed by atoms with van der Waals surface area (Å²) in [6.07, 6.45) is 1.67. The van der Waals surface area contributed by atoms with Crippen LogP contribution in [0.3, 0.4) is 0 Å². The number of hydrogen-bond acceptors (Lipinski definition) is 6. The van der Waals surface area contributed by atoms with E-state index in [1.807, 2.05) is 53.9 Å². The zero-order chi connectivity index (χ0) is 20.2. The van der Waals surface area contributed by atoms with Crippen LogP contribution in [0.2, 0.25) is 0 Å². The van der Waals surface area contributed by atoms with Crippen LogP contribution in [0, 0.1) is 0 Å². The summed E-state index contributed by atoms with van der Waals surface area (Å²) in [5.41, 5.74) is 2.65. The molecule has 0 amide bonds. The maximum Gasteiger partial charge on any atom is 0.338 e. The van der Waals surface area contributed by atoms with Crippen LogP contribution in [0.1, 0.15) is 33.8 Å². The van der Waals surface area contributed by atoms with Crippen LogP contribution >= 0.6 is 11.3 Å². The Balaban J connectivity index is 1.69. The molecule has 5 nitrogen and oxygen atoms in total. The number of hydrogen-bond donors (Lipinski definition) is 2. The minimum absolute atomic E-state index is 0.164. The average Bonchev–Trinajstić information content (AvgIpc) is 3.28. The van der Waals surface area contributed by atoms with Gasteiger partial charge in [0.1, 0.15) is 11.3 Å². The number of pyridine rings is 1. The number of phenols is 1. The van der Waals surface area contributed by atoms with Crippen molar-refractivity contribution < 1.29 is 14.6 Å². The largest absolute Gasteiger partial charge is 0.505 e. The zero-order valence-electron chi connectivity index (χ0n) is 15.8. The summed E-state index contributed by atoms with van der Waals surface area (Å²) in [7, 11) is 0. The maximum atomic E-state index is 11.9. The van der Waals surface area contributed by atoms with E-state index in [4.69, 9.17) is 4.74 Å². The summed E-state index contributed by atoms with van der Waals surface area (Å²) in [4.78, 5) is 17.3. The molecule has 0 spiro atoms. The lowest BCUT2D eigenvalue weighted by Gasteiger charge is -2.21. The van der Waals surface area contributed by atoms with Crippen molar-refractivity contribution in [1.29, 1.82) is 0 Å². The molecule has 2 heterocycles. The number of phenolic OH excluding ortho intramolecular Hbond substituents is 1. The van der Waals surface area contributed by atoms with Gasteiger partial charge in [-0.2, -0.15) is 0 Å². The molecule has 0 saturated heterocycles. The average molecular weight is 404 g/mol. The smallest absolute Gasteiger partial charge is 0.338 e. The molecule has 0 fully saturated rings. The van der Waals surface area contributed by atoms with Crippen molar-refractivity contribution in [2.75, 3.05) is 11.9 Å². The molecule has 0 saturated carbocycles. The molecular weight excluding hydrogens is 384 g/mol. The summed E-state index contributed by atoms with van der Waals surface area (Å²) in [5, 5.41) is 17.3. The number of nitrogens with one attached hydrogen (secondary N) is 1. The lowest BCUT2D eigenvalue weighted by atomic mass is 10.0. The second-order valence-corrected chi connectivity index (χ2v) is 7.45. The molecule has 2 N–H and O–H groups in total. The lowest BCUT2D eigenvalue weighted by molar-refractivity contribution is 0.0526. The molecule has 0 bridgehead atoms. The van der Waals surface area contributed by atoms with Gasteiger partial charge < -0.3 is 15.2 Å². The van der Waals surface area contributed by atoms with Crippen LogP contribution in [-0.2, 0) is 4.74 Å². The summed E-state index contributed by atoms with van der Waals surface area (Å²) in [6, 6.07) is 18.5. The number of anilines is 1. The highest BCUT2D eigenvalue weighted by molar-refractivity contribution is 7.10. The van der Waals surface area contributed by atoms with Crippen LogP contribution in [0.25, 0.3) is 10.9 Å². The standard InChI is InChI=1S/C23H20N2O3S/c1-2-28-23(27)16-7-10-17(11-8-16)25-21(19-6-4-14-29-19)18-12-9-15-5-3-13-24-20(15)22(18)26/h3-14,21,25-26H,2H2,1H3/t21-/m1/s1. The quantitative estimate of drug-likeness (QED) is 0.422. The van der Waals surface area contributed by atoms with E-state index in [9.17, 15) is 9.90 Å². The van der Waals surface area contributed by atoms with Gasteiger partial charge in [0.25, 0.3) is 0 Å². The number of carbonyl (C=O) groups excluding carboxylic acids is 1. The second-order valence-electron chi connectivity index (χ2n) is 6.47. The minimum atomic E-state index is -0.341. The number of aromatic nitrogens is 1. The van der Waals surface area contributed by atoms with Gasteiger partial charge in [-0.05, 0) is 48.7 Å². The van der Waals surface area contributed by atoms with Gasteiger partial charge in [0, 0.05) is 27.7 Å². The Morgan fingerprint density at radius 1 is 1.14 bits per heavy atom. The molecule has 1 atom stereocenters. The molecule has 2 aromatic carbocycles. The summed E-state index contributed by atoms with van der Waals surface area (Å²) in [6.45, 7) is 2.12. The molecule has 4 rings (SSSR count). The van der Waals surface area contributed by atoms with E-state index in [-0.39, 0.29) is 17.8 Å². The fourth-order valence-corrected chi connectivity index (χ4v) is 4.01. The summed E-state index contributed by atoms with van der Waals surface area (Å²) >= 11 is 1.61. The number of fused-ring (bicyclic) bond motifs is 1. The Hall–Kier alpha value is -3.38. The first kappa shape index (κ1) is 19.0. The van der Waals surface area contributed by atoms with Gasteiger partial charge in [-0.25, -0.2) is 4.79 Å². The zero-order valence-corrected chi connectivity index (χ0v) is 16.6. The van der Waals surface area contributed by atoms with Crippen LogP contribution in [0.4, 0.5) is 5.69 Å². The van der Waals surface area contributed by atoms with Gasteiger partial charge >= 0.3 is 5.97 Å². The molecule has 0 radical (unpaired) electrons. The Morgan fingerprint density at radius 3 is 2.69 bits per heavy atom. The normalized spacial score (nSPS) is 11.9. The van der Waals surface area contributed by atoms with Crippen molar-refractivity contribution in [2.24, 2.45) is 0 Å². The molecule has 4 aromatic rings. The number of nitrogens with zero attached hydrogens (tertiary/aromatic N) is 1. The summed E-state index contributed by atoms with van der Waals surface area (Å²) < 4.78 is 5.04. The molecule has 146 valence electrons. The van der Waals surface area contributed by atoms with E-state index >= 15 is 0 Å². The fourth-order valence-electron chi connectivity index (χ4n) is 3.22. The minimum Gasteiger partial charge on any atom is -0.505 e. The lowest BCUT2D eigenvalue weighted by Crippen LogP contribution is -2.12. The molecule has 0 aliphatic rings. The number of esters is 1. The first-order valence-corrected chi connectivity index (χ1v) is 10.2. The third-order valence-corrected chi connectivity index (χ3v) is 5.56. The van der Waals surface area contributed by atoms with Crippen LogP contribution < -0.4 is 5.32 Å². The number of aromatic hydroxyl groups is 1. The third-order valence-electron chi connectivity index (χ3n) is 4.62. The molecule has 0 aliphatic carbocycles. The maximum absolute atomic E-state index is 11.9. The van der Waals surface area contributed by atoms with E-state index in [1.165, 1.54) is 0 Å². The highest BCUT2D eigenvalue weighted by atomic mass is 32.1. The second kappa shape index (κ2) is 8.32. The van der Waals surface area contributed by atoms with Crippen molar-refractivity contribution >= 4 is 33.9 Å². The molecule has 0 aliphatic heterocycles. The van der Waals surface area contributed by atoms with Gasteiger partial charge in [0.05, 0.1) is 18.2 Å². The highest BCUT2D eigenvalue weighted by Crippen LogP contribution is 2.37. The fraction of sp³-hybridized carbons (Fsp3) is 0.130. The van der Waals surface area contributed by atoms with Crippen LogP contribution in [0.5, 0.6) is 5.75 Å². The number of benzene rings is 2. The Labute approximate surface area is 172 Å². The number of thiophene rings is 1. The third kappa shape index (κ3) is 3.93. The van der Waals surface area contributed by atoms with Gasteiger partial charge in [-0.1, -0.05) is 24.3 Å². The summed E-state index contributed by atoms with van der Waals surface area (Å²) in [5.74, 6) is -0.177. The Bertz CT molecular complexity index is 1120. The molecule has 2 aromatic heterocycles. The molecular formula is C23H20N2O3S. The monoisotopic (exact) mass is 404 g/mol. The first-order chi connectivity index (χ1) is 14.2. The van der Waals surface area contributed by atoms with Crippen molar-refractivity contribution in [3.63, 3.8) is 0 Å². The molecule has 29 heavy (non-hydrogen) atoms. The van der Waals surface area contributed by atoms with E-state index in [0.717, 1.165) is 21.5 Å². The molecule has 6 heteroatoms. The van der Waals surface area contributed by atoms with Crippen molar-refractivity contribution in [3.8, 4) is 5.75 Å².